The van der Waals surface area contributed by atoms with Gasteiger partial charge in [0.25, 0.3) is 0 Å². The molecule has 0 aliphatic heterocycles. The SMILES string of the molecule is CCCN(CC(C)C(=O)OC)CC(C)(C)CN. The van der Waals surface area contributed by atoms with E-state index in [4.69, 9.17) is 10.5 Å². The van der Waals surface area contributed by atoms with Gasteiger partial charge >= 0.3 is 5.97 Å². The maximum Gasteiger partial charge on any atom is 0.309 e. The van der Waals surface area contributed by atoms with Crippen molar-refractivity contribution in [1.82, 2.24) is 4.90 Å². The zero-order chi connectivity index (χ0) is 13.5. The van der Waals surface area contributed by atoms with Crippen molar-refractivity contribution in [2.24, 2.45) is 17.1 Å². The van der Waals surface area contributed by atoms with Crippen LogP contribution in [0.1, 0.15) is 34.1 Å². The molecule has 4 nitrogen and oxygen atoms in total. The van der Waals surface area contributed by atoms with Crippen LogP contribution in [-0.4, -0.2) is 44.2 Å². The first-order chi connectivity index (χ1) is 7.86. The van der Waals surface area contributed by atoms with Gasteiger partial charge in [-0.1, -0.05) is 27.7 Å². The molecular weight excluding hydrogens is 216 g/mol. The third kappa shape index (κ3) is 6.64. The van der Waals surface area contributed by atoms with Crippen LogP contribution in [0.5, 0.6) is 0 Å². The lowest BCUT2D eigenvalue weighted by Crippen LogP contribution is -2.42. The molecule has 0 radical (unpaired) electrons. The molecule has 0 fully saturated rings. The molecule has 0 bridgehead atoms. The molecule has 17 heavy (non-hydrogen) atoms. The van der Waals surface area contributed by atoms with Crippen molar-refractivity contribution in [2.45, 2.75) is 34.1 Å². The number of hydrogen-bond donors (Lipinski definition) is 1. The minimum atomic E-state index is -0.142. The van der Waals surface area contributed by atoms with Gasteiger partial charge < -0.3 is 15.4 Å². The van der Waals surface area contributed by atoms with Gasteiger partial charge in [0, 0.05) is 13.1 Å². The number of esters is 1. The molecule has 1 atom stereocenters. The summed E-state index contributed by atoms with van der Waals surface area (Å²) >= 11 is 0. The maximum atomic E-state index is 11.4. The van der Waals surface area contributed by atoms with Gasteiger partial charge in [-0.15, -0.1) is 0 Å². The molecule has 0 saturated carbocycles. The van der Waals surface area contributed by atoms with Crippen LogP contribution in [0.4, 0.5) is 0 Å². The Kier molecular flexibility index (Phi) is 7.39. The summed E-state index contributed by atoms with van der Waals surface area (Å²) in [5, 5.41) is 0. The molecule has 0 aromatic rings. The van der Waals surface area contributed by atoms with Crippen LogP contribution < -0.4 is 5.73 Å². The number of carbonyl (C=O) groups is 1. The van der Waals surface area contributed by atoms with Crippen LogP contribution in [0, 0.1) is 11.3 Å². The molecule has 0 heterocycles. The third-order valence-corrected chi connectivity index (χ3v) is 2.88. The topological polar surface area (TPSA) is 55.6 Å². The van der Waals surface area contributed by atoms with Crippen molar-refractivity contribution in [2.75, 3.05) is 33.3 Å². The second kappa shape index (κ2) is 7.67. The Bertz CT molecular complexity index is 229. The highest BCUT2D eigenvalue weighted by molar-refractivity contribution is 5.72. The summed E-state index contributed by atoms with van der Waals surface area (Å²) in [4.78, 5) is 13.7. The Morgan fingerprint density at radius 3 is 2.47 bits per heavy atom. The molecule has 0 aliphatic carbocycles. The van der Waals surface area contributed by atoms with Crippen LogP contribution in [0.25, 0.3) is 0 Å². The van der Waals surface area contributed by atoms with E-state index in [1.54, 1.807) is 0 Å². The van der Waals surface area contributed by atoms with Crippen molar-refractivity contribution >= 4 is 5.97 Å². The Hall–Kier alpha value is -0.610. The Balaban J connectivity index is 4.38. The normalized spacial score (nSPS) is 13.8. The van der Waals surface area contributed by atoms with Crippen molar-refractivity contribution in [3.05, 3.63) is 0 Å². The summed E-state index contributed by atoms with van der Waals surface area (Å²) in [5.41, 5.74) is 5.84. The lowest BCUT2D eigenvalue weighted by Gasteiger charge is -2.32. The number of carbonyl (C=O) groups excluding carboxylic acids is 1. The number of methoxy groups -OCH3 is 1. The Labute approximate surface area is 105 Å². The summed E-state index contributed by atoms with van der Waals surface area (Å²) in [5.74, 6) is -0.225. The zero-order valence-corrected chi connectivity index (χ0v) is 12.0. The van der Waals surface area contributed by atoms with Crippen molar-refractivity contribution in [3.8, 4) is 0 Å². The van der Waals surface area contributed by atoms with Crippen molar-refractivity contribution in [1.29, 1.82) is 0 Å². The molecule has 102 valence electrons. The molecule has 0 aromatic heterocycles. The molecule has 0 aromatic carbocycles. The molecule has 0 amide bonds. The van der Waals surface area contributed by atoms with Gasteiger partial charge in [0.15, 0.2) is 0 Å². The number of hydrogen-bond acceptors (Lipinski definition) is 4. The van der Waals surface area contributed by atoms with E-state index in [1.165, 1.54) is 7.11 Å². The summed E-state index contributed by atoms with van der Waals surface area (Å²) in [7, 11) is 1.44. The van der Waals surface area contributed by atoms with Crippen LogP contribution in [-0.2, 0) is 9.53 Å². The van der Waals surface area contributed by atoms with Gasteiger partial charge in [0.1, 0.15) is 0 Å². The highest BCUT2D eigenvalue weighted by Crippen LogP contribution is 2.16. The van der Waals surface area contributed by atoms with Gasteiger partial charge in [-0.05, 0) is 24.9 Å². The molecule has 1 unspecified atom stereocenters. The first kappa shape index (κ1) is 16.4. The first-order valence-electron chi connectivity index (χ1n) is 6.36. The van der Waals surface area contributed by atoms with E-state index in [2.05, 4.69) is 25.7 Å². The fourth-order valence-corrected chi connectivity index (χ4v) is 1.88. The number of rotatable bonds is 8. The summed E-state index contributed by atoms with van der Waals surface area (Å²) in [6.07, 6.45) is 1.08. The van der Waals surface area contributed by atoms with E-state index < -0.39 is 0 Å². The number of nitrogens with zero attached hydrogens (tertiary/aromatic N) is 1. The first-order valence-corrected chi connectivity index (χ1v) is 6.36. The minimum Gasteiger partial charge on any atom is -0.469 e. The number of ether oxygens (including phenoxy) is 1. The van der Waals surface area contributed by atoms with Crippen LogP contribution in [0.3, 0.4) is 0 Å². The van der Waals surface area contributed by atoms with E-state index in [9.17, 15) is 4.79 Å². The standard InChI is InChI=1S/C13H28N2O2/c1-6-7-15(10-13(3,4)9-14)8-11(2)12(16)17-5/h11H,6-10,14H2,1-5H3. The molecule has 0 saturated heterocycles. The smallest absolute Gasteiger partial charge is 0.309 e. The second-order valence-electron chi connectivity index (χ2n) is 5.53. The highest BCUT2D eigenvalue weighted by Gasteiger charge is 2.23. The fourth-order valence-electron chi connectivity index (χ4n) is 1.88. The van der Waals surface area contributed by atoms with E-state index in [0.717, 1.165) is 26.1 Å². The van der Waals surface area contributed by atoms with E-state index in [1.807, 2.05) is 6.92 Å². The maximum absolute atomic E-state index is 11.4. The van der Waals surface area contributed by atoms with Gasteiger partial charge in [-0.2, -0.15) is 0 Å². The summed E-state index contributed by atoms with van der Waals surface area (Å²) in [6, 6.07) is 0. The van der Waals surface area contributed by atoms with Crippen LogP contribution in [0.2, 0.25) is 0 Å². The monoisotopic (exact) mass is 244 g/mol. The Morgan fingerprint density at radius 2 is 2.06 bits per heavy atom. The average molecular weight is 244 g/mol. The van der Waals surface area contributed by atoms with Crippen LogP contribution >= 0.6 is 0 Å². The third-order valence-electron chi connectivity index (χ3n) is 2.88. The van der Waals surface area contributed by atoms with Gasteiger partial charge in [0.05, 0.1) is 13.0 Å². The molecule has 4 heteroatoms. The number of nitrogens with two attached hydrogens (primary N) is 1. The Morgan fingerprint density at radius 1 is 1.47 bits per heavy atom. The lowest BCUT2D eigenvalue weighted by atomic mass is 9.92. The largest absolute Gasteiger partial charge is 0.469 e. The van der Waals surface area contributed by atoms with Gasteiger partial charge in [0.2, 0.25) is 0 Å². The average Bonchev–Trinajstić information content (AvgIpc) is 2.27. The van der Waals surface area contributed by atoms with E-state index in [-0.39, 0.29) is 17.3 Å². The zero-order valence-electron chi connectivity index (χ0n) is 12.0. The van der Waals surface area contributed by atoms with E-state index >= 15 is 0 Å². The van der Waals surface area contributed by atoms with Crippen LogP contribution in [0.15, 0.2) is 0 Å². The highest BCUT2D eigenvalue weighted by atomic mass is 16.5. The van der Waals surface area contributed by atoms with Crippen molar-refractivity contribution < 1.29 is 9.53 Å². The quantitative estimate of drug-likeness (QED) is 0.657. The van der Waals surface area contributed by atoms with E-state index in [0.29, 0.717) is 6.54 Å². The molecule has 0 spiro atoms. The molecule has 0 aliphatic rings. The predicted molar refractivity (Wildman–Crippen MR) is 70.7 cm³/mol. The minimum absolute atomic E-state index is 0.0832. The fraction of sp³-hybridized carbons (Fsp3) is 0.923. The van der Waals surface area contributed by atoms with Gasteiger partial charge in [-0.3, -0.25) is 4.79 Å². The van der Waals surface area contributed by atoms with Crippen molar-refractivity contribution in [3.63, 3.8) is 0 Å². The molecular formula is C13H28N2O2. The second-order valence-corrected chi connectivity index (χ2v) is 5.53. The lowest BCUT2D eigenvalue weighted by molar-refractivity contribution is -0.145. The summed E-state index contributed by atoms with van der Waals surface area (Å²) < 4.78 is 4.76. The molecule has 0 rings (SSSR count). The van der Waals surface area contributed by atoms with Gasteiger partial charge in [-0.25, -0.2) is 0 Å². The molecule has 2 N–H and O–H groups in total. The predicted octanol–water partition coefficient (Wildman–Crippen LogP) is 1.49. The summed E-state index contributed by atoms with van der Waals surface area (Å²) in [6.45, 7) is 11.7.